The largest absolute Gasteiger partial charge is 0.497 e. The second kappa shape index (κ2) is 9.77. The van der Waals surface area contributed by atoms with E-state index in [-0.39, 0.29) is 24.3 Å². The van der Waals surface area contributed by atoms with Gasteiger partial charge in [-0.15, -0.1) is 0 Å². The summed E-state index contributed by atoms with van der Waals surface area (Å²) in [5, 5.41) is 10.2. The third kappa shape index (κ3) is 4.49. The second-order valence-corrected chi connectivity index (χ2v) is 7.30. The molecule has 2 atom stereocenters. The smallest absolute Gasteiger partial charge is 0.264 e. The first-order chi connectivity index (χ1) is 14.5. The average Bonchev–Trinajstić information content (AvgIpc) is 2.74. The zero-order valence-corrected chi connectivity index (χ0v) is 17.2. The Balaban J connectivity index is 2.06. The molecule has 1 aliphatic carbocycles. The molecule has 1 aromatic heterocycles. The van der Waals surface area contributed by atoms with Crippen LogP contribution in [0.3, 0.4) is 0 Å². The van der Waals surface area contributed by atoms with Crippen molar-refractivity contribution in [3.05, 3.63) is 46.4 Å². The SMILES string of the molecule is COCCCn1c(-c2cccc(OC)c2)ncc(C(=O)C2C(=O)CCCC2O)c1=O. The van der Waals surface area contributed by atoms with Crippen LogP contribution in [0.25, 0.3) is 11.4 Å². The van der Waals surface area contributed by atoms with E-state index in [4.69, 9.17) is 9.47 Å². The fourth-order valence-corrected chi connectivity index (χ4v) is 3.74. The minimum absolute atomic E-state index is 0.182. The van der Waals surface area contributed by atoms with Crippen LogP contribution in [-0.4, -0.2) is 53.2 Å². The first-order valence-corrected chi connectivity index (χ1v) is 9.96. The summed E-state index contributed by atoms with van der Waals surface area (Å²) in [7, 11) is 3.12. The zero-order valence-electron chi connectivity index (χ0n) is 17.2. The van der Waals surface area contributed by atoms with Gasteiger partial charge >= 0.3 is 0 Å². The first-order valence-electron chi connectivity index (χ1n) is 9.96. The van der Waals surface area contributed by atoms with Gasteiger partial charge in [-0.1, -0.05) is 12.1 Å². The molecular formula is C22H26N2O6. The lowest BCUT2D eigenvalue weighted by Crippen LogP contribution is -2.41. The van der Waals surface area contributed by atoms with E-state index in [1.807, 2.05) is 0 Å². The number of benzene rings is 1. The van der Waals surface area contributed by atoms with Gasteiger partial charge < -0.3 is 14.6 Å². The van der Waals surface area contributed by atoms with Crippen LogP contribution in [0.2, 0.25) is 0 Å². The van der Waals surface area contributed by atoms with Crippen molar-refractivity contribution in [2.24, 2.45) is 5.92 Å². The Morgan fingerprint density at radius 3 is 2.80 bits per heavy atom. The van der Waals surface area contributed by atoms with E-state index in [9.17, 15) is 19.5 Å². The minimum Gasteiger partial charge on any atom is -0.497 e. The van der Waals surface area contributed by atoms with Gasteiger partial charge in [0.2, 0.25) is 0 Å². The number of ketones is 2. The number of aliphatic hydroxyl groups is 1. The molecule has 0 bridgehead atoms. The number of carbonyl (C=O) groups excluding carboxylic acids is 2. The van der Waals surface area contributed by atoms with Gasteiger partial charge in [-0.3, -0.25) is 19.0 Å². The summed E-state index contributed by atoms with van der Waals surface area (Å²) in [6.45, 7) is 0.719. The molecule has 30 heavy (non-hydrogen) atoms. The van der Waals surface area contributed by atoms with Crippen LogP contribution >= 0.6 is 0 Å². The third-order valence-electron chi connectivity index (χ3n) is 5.31. The van der Waals surface area contributed by atoms with Crippen LogP contribution < -0.4 is 10.3 Å². The summed E-state index contributed by atoms with van der Waals surface area (Å²) in [6.07, 6.45) is 1.80. The van der Waals surface area contributed by atoms with Crippen molar-refractivity contribution in [3.8, 4) is 17.1 Å². The highest BCUT2D eigenvalue weighted by molar-refractivity contribution is 6.11. The van der Waals surface area contributed by atoms with Crippen LogP contribution in [0, 0.1) is 5.92 Å². The van der Waals surface area contributed by atoms with Crippen LogP contribution in [-0.2, 0) is 16.1 Å². The number of nitrogens with zero attached hydrogens (tertiary/aromatic N) is 2. The lowest BCUT2D eigenvalue weighted by molar-refractivity contribution is -0.126. The normalized spacial score (nSPS) is 19.0. The molecule has 0 spiro atoms. The van der Waals surface area contributed by atoms with Crippen LogP contribution in [0.15, 0.2) is 35.3 Å². The monoisotopic (exact) mass is 414 g/mol. The molecule has 8 nitrogen and oxygen atoms in total. The second-order valence-electron chi connectivity index (χ2n) is 7.30. The number of methoxy groups -OCH3 is 2. The molecule has 1 heterocycles. The Hall–Kier alpha value is -2.84. The van der Waals surface area contributed by atoms with Gasteiger partial charge in [0.05, 0.1) is 13.2 Å². The molecule has 160 valence electrons. The highest BCUT2D eigenvalue weighted by atomic mass is 16.5. The summed E-state index contributed by atoms with van der Waals surface area (Å²) in [4.78, 5) is 42.9. The predicted molar refractivity (Wildman–Crippen MR) is 110 cm³/mol. The lowest BCUT2D eigenvalue weighted by atomic mass is 9.81. The highest BCUT2D eigenvalue weighted by Crippen LogP contribution is 2.25. The molecule has 1 aromatic carbocycles. The third-order valence-corrected chi connectivity index (χ3v) is 5.31. The topological polar surface area (TPSA) is 108 Å². The van der Waals surface area contributed by atoms with Crippen molar-refractivity contribution in [2.75, 3.05) is 20.8 Å². The van der Waals surface area contributed by atoms with E-state index < -0.39 is 23.4 Å². The molecule has 1 N–H and O–H groups in total. The van der Waals surface area contributed by atoms with Gasteiger partial charge in [0.25, 0.3) is 5.56 Å². The Morgan fingerprint density at radius 1 is 1.30 bits per heavy atom. The van der Waals surface area contributed by atoms with Gasteiger partial charge in [0, 0.05) is 38.4 Å². The summed E-state index contributed by atoms with van der Waals surface area (Å²) in [6, 6.07) is 7.12. The number of carbonyl (C=O) groups is 2. The van der Waals surface area contributed by atoms with Gasteiger partial charge in [0.15, 0.2) is 5.78 Å². The highest BCUT2D eigenvalue weighted by Gasteiger charge is 2.38. The number of aliphatic hydroxyl groups excluding tert-OH is 1. The van der Waals surface area contributed by atoms with Crippen LogP contribution in [0.4, 0.5) is 0 Å². The van der Waals surface area contributed by atoms with Crippen molar-refractivity contribution < 1.29 is 24.2 Å². The fourth-order valence-electron chi connectivity index (χ4n) is 3.74. The van der Waals surface area contributed by atoms with E-state index in [0.717, 1.165) is 0 Å². The number of ether oxygens (including phenoxy) is 2. The van der Waals surface area contributed by atoms with Crippen LogP contribution in [0.5, 0.6) is 5.75 Å². The first kappa shape index (κ1) is 21.9. The van der Waals surface area contributed by atoms with Crippen LogP contribution in [0.1, 0.15) is 36.0 Å². The van der Waals surface area contributed by atoms with Gasteiger partial charge in [0.1, 0.15) is 28.8 Å². The maximum absolute atomic E-state index is 13.2. The van der Waals surface area contributed by atoms with E-state index in [0.29, 0.717) is 43.0 Å². The molecule has 2 aromatic rings. The zero-order chi connectivity index (χ0) is 21.7. The standard InChI is InChI=1S/C22H26N2O6/c1-29-11-5-10-24-21(14-6-3-7-15(12-14)30-2)23-13-16(22(24)28)20(27)19-17(25)8-4-9-18(19)26/h3,6-7,12-13,17,19,25H,4-5,8-11H2,1-2H3. The minimum atomic E-state index is -1.21. The molecule has 0 aliphatic heterocycles. The maximum atomic E-state index is 13.2. The Kier molecular flexibility index (Phi) is 7.12. The molecular weight excluding hydrogens is 388 g/mol. The summed E-state index contributed by atoms with van der Waals surface area (Å²) < 4.78 is 11.8. The Bertz CT molecular complexity index is 984. The van der Waals surface area contributed by atoms with Gasteiger partial charge in [-0.05, 0) is 31.4 Å². The maximum Gasteiger partial charge on any atom is 0.264 e. The molecule has 3 rings (SSSR count). The summed E-state index contributed by atoms with van der Waals surface area (Å²) in [5.41, 5.74) is -0.0514. The van der Waals surface area contributed by atoms with Crippen molar-refractivity contribution in [2.45, 2.75) is 38.3 Å². The number of hydrogen-bond donors (Lipinski definition) is 1. The van der Waals surface area contributed by atoms with E-state index in [1.54, 1.807) is 38.5 Å². The van der Waals surface area contributed by atoms with E-state index >= 15 is 0 Å². The fraction of sp³-hybridized carbons (Fsp3) is 0.455. The van der Waals surface area contributed by atoms with Crippen molar-refractivity contribution >= 4 is 11.6 Å². The molecule has 0 radical (unpaired) electrons. The number of hydrogen-bond acceptors (Lipinski definition) is 7. The number of rotatable bonds is 8. The van der Waals surface area contributed by atoms with E-state index in [2.05, 4.69) is 4.98 Å². The predicted octanol–water partition coefficient (Wildman–Crippen LogP) is 1.87. The van der Waals surface area contributed by atoms with E-state index in [1.165, 1.54) is 10.8 Å². The van der Waals surface area contributed by atoms with Crippen molar-refractivity contribution in [1.82, 2.24) is 9.55 Å². The molecule has 0 amide bonds. The van der Waals surface area contributed by atoms with Crippen molar-refractivity contribution in [1.29, 1.82) is 0 Å². The van der Waals surface area contributed by atoms with Crippen molar-refractivity contribution in [3.63, 3.8) is 0 Å². The Labute approximate surface area is 174 Å². The number of Topliss-reactive ketones (excluding diaryl/α,β-unsaturated/α-hetero) is 2. The molecule has 1 aliphatic rings. The summed E-state index contributed by atoms with van der Waals surface area (Å²) >= 11 is 0. The lowest BCUT2D eigenvalue weighted by Gasteiger charge is -2.25. The molecule has 1 fully saturated rings. The molecule has 0 saturated heterocycles. The van der Waals surface area contributed by atoms with Gasteiger partial charge in [-0.2, -0.15) is 0 Å². The molecule has 1 saturated carbocycles. The molecule has 2 unspecified atom stereocenters. The Morgan fingerprint density at radius 2 is 2.10 bits per heavy atom. The van der Waals surface area contributed by atoms with Gasteiger partial charge in [-0.25, -0.2) is 4.98 Å². The number of aromatic nitrogens is 2. The molecule has 8 heteroatoms. The summed E-state index contributed by atoms with van der Waals surface area (Å²) in [5.74, 6) is -1.20. The average molecular weight is 414 g/mol. The quantitative estimate of drug-likeness (QED) is 0.399.